The van der Waals surface area contributed by atoms with E-state index in [1.165, 1.54) is 56.2 Å². The van der Waals surface area contributed by atoms with E-state index in [9.17, 15) is 10.2 Å². The van der Waals surface area contributed by atoms with Crippen LogP contribution in [0.4, 0.5) is 5.69 Å². The van der Waals surface area contributed by atoms with Crippen molar-refractivity contribution in [2.45, 2.75) is 108 Å². The smallest absolute Gasteiger partial charge is 0.194 e. The van der Waals surface area contributed by atoms with Gasteiger partial charge in [0.15, 0.2) is 6.23 Å². The monoisotopic (exact) mass is 566 g/mol. The summed E-state index contributed by atoms with van der Waals surface area (Å²) in [6, 6.07) is 10.1. The van der Waals surface area contributed by atoms with Crippen LogP contribution in [-0.4, -0.2) is 58.7 Å². The van der Waals surface area contributed by atoms with Crippen LogP contribution in [0.3, 0.4) is 0 Å². The molecule has 4 saturated heterocycles. The van der Waals surface area contributed by atoms with Crippen LogP contribution >= 0.6 is 0 Å². The van der Waals surface area contributed by atoms with Crippen LogP contribution in [0.15, 0.2) is 24.3 Å². The molecule has 0 radical (unpaired) electrons. The Morgan fingerprint density at radius 3 is 2.52 bits per heavy atom. The first kappa shape index (κ1) is 24.3. The van der Waals surface area contributed by atoms with Gasteiger partial charge in [0.05, 0.1) is 30.1 Å². The van der Waals surface area contributed by atoms with Gasteiger partial charge in [-0.25, -0.2) is 0 Å². The van der Waals surface area contributed by atoms with E-state index >= 15 is 0 Å². The molecule has 5 aliphatic heterocycles. The molecule has 6 aliphatic rings. The van der Waals surface area contributed by atoms with Gasteiger partial charge in [-0.15, -0.1) is 0 Å². The van der Waals surface area contributed by atoms with E-state index in [0.717, 1.165) is 23.9 Å². The summed E-state index contributed by atoms with van der Waals surface area (Å²) in [5.41, 5.74) is 2.58. The zero-order valence-electron chi connectivity index (χ0n) is 20.7. The number of anilines is 1. The van der Waals surface area contributed by atoms with E-state index in [-0.39, 0.29) is 41.7 Å². The minimum Gasteiger partial charge on any atom is -1.00 e. The van der Waals surface area contributed by atoms with Gasteiger partial charge >= 0.3 is 0 Å². The Hall–Kier alpha value is -0.370. The van der Waals surface area contributed by atoms with E-state index < -0.39 is 0 Å². The molecule has 10 atom stereocenters. The fourth-order valence-electron chi connectivity index (χ4n) is 10.0. The van der Waals surface area contributed by atoms with Gasteiger partial charge in [0.2, 0.25) is 0 Å². The van der Waals surface area contributed by atoms with Crippen molar-refractivity contribution in [1.29, 1.82) is 0 Å². The zero-order chi connectivity index (χ0) is 22.3. The molecular formula is C28H43IN2O2. The highest BCUT2D eigenvalue weighted by atomic mass is 127. The molecule has 184 valence electrons. The summed E-state index contributed by atoms with van der Waals surface area (Å²) in [4.78, 5) is 2.51. The second-order valence-corrected chi connectivity index (χ2v) is 11.8. The van der Waals surface area contributed by atoms with Gasteiger partial charge in [-0.3, -0.25) is 4.48 Å². The van der Waals surface area contributed by atoms with Gasteiger partial charge in [0, 0.05) is 37.4 Å². The van der Waals surface area contributed by atoms with Crippen molar-refractivity contribution in [3.8, 4) is 0 Å². The topological polar surface area (TPSA) is 43.7 Å². The summed E-state index contributed by atoms with van der Waals surface area (Å²) in [7, 11) is 2.26. The quantitative estimate of drug-likeness (QED) is 0.285. The highest BCUT2D eigenvalue weighted by molar-refractivity contribution is 5.66. The van der Waals surface area contributed by atoms with E-state index in [1.54, 1.807) is 0 Å². The van der Waals surface area contributed by atoms with Crippen LogP contribution in [0, 0.1) is 17.8 Å². The zero-order valence-corrected chi connectivity index (χ0v) is 22.8. The van der Waals surface area contributed by atoms with E-state index in [0.29, 0.717) is 35.9 Å². The Kier molecular flexibility index (Phi) is 6.36. The first-order chi connectivity index (χ1) is 15.5. The summed E-state index contributed by atoms with van der Waals surface area (Å²) < 4.78 is 0.898. The normalized spacial score (nSPS) is 45.8. The average Bonchev–Trinajstić information content (AvgIpc) is 3.19. The minimum atomic E-state index is -0.273. The molecule has 1 aliphatic carbocycles. The number of halogens is 1. The predicted molar refractivity (Wildman–Crippen MR) is 128 cm³/mol. The molecule has 1 aromatic rings. The molecule has 0 aromatic heterocycles. The second kappa shape index (κ2) is 8.63. The number of quaternary nitrogens is 1. The standard InChI is InChI=1S/C28H43N2O2.HI/c1-4-6-7-8-9-12-15-30-22-16-19(18(5-2)27(30)32)24-23(30)17-28(26(24)31)20-13-10-11-14-21(20)29(3)25(22)28;/h10-11,13-14,18-19,22-27,31-32H,4-9,12,15-17H2,1-3H3;1H/q+1;/p-1/t18-,19-,22?,23-,24?,25-,26-,27+,28?,30?;/m0./s1. The Morgan fingerprint density at radius 2 is 1.76 bits per heavy atom. The Balaban J connectivity index is 0.00000228. The maximum Gasteiger partial charge on any atom is 0.194 e. The maximum atomic E-state index is 12.1. The molecule has 33 heavy (non-hydrogen) atoms. The number of likely N-dealkylation sites (N-methyl/N-ethyl adjacent to an activating group) is 1. The van der Waals surface area contributed by atoms with Gasteiger partial charge in [-0.1, -0.05) is 57.7 Å². The summed E-state index contributed by atoms with van der Waals surface area (Å²) >= 11 is 0. The Bertz CT molecular complexity index is 881. The number of unbranched alkanes of at least 4 members (excludes halogenated alkanes) is 5. The van der Waals surface area contributed by atoms with Crippen LogP contribution < -0.4 is 28.9 Å². The van der Waals surface area contributed by atoms with Crippen LogP contribution in [0.25, 0.3) is 0 Å². The Labute approximate surface area is 217 Å². The lowest BCUT2D eigenvalue weighted by Crippen LogP contribution is -3.00. The summed E-state index contributed by atoms with van der Waals surface area (Å²) in [5.74, 6) is 1.18. The van der Waals surface area contributed by atoms with Crippen molar-refractivity contribution in [1.82, 2.24) is 0 Å². The summed E-state index contributed by atoms with van der Waals surface area (Å²) in [6.07, 6.45) is 10.6. The maximum absolute atomic E-state index is 12.1. The van der Waals surface area contributed by atoms with Crippen molar-refractivity contribution in [2.75, 3.05) is 18.5 Å². The van der Waals surface area contributed by atoms with Gasteiger partial charge in [-0.2, -0.15) is 0 Å². The molecule has 7 rings (SSSR count). The molecule has 5 heterocycles. The van der Waals surface area contributed by atoms with Crippen LogP contribution in [0.1, 0.15) is 77.2 Å². The van der Waals surface area contributed by atoms with Gasteiger partial charge < -0.3 is 39.1 Å². The molecule has 5 fully saturated rings. The second-order valence-electron chi connectivity index (χ2n) is 11.8. The number of aliphatic hydroxyl groups is 2. The number of aliphatic hydroxyl groups excluding tert-OH is 2. The van der Waals surface area contributed by atoms with Gasteiger partial charge in [-0.05, 0) is 36.8 Å². The van der Waals surface area contributed by atoms with Gasteiger partial charge in [0.1, 0.15) is 6.04 Å². The van der Waals surface area contributed by atoms with E-state index in [4.69, 9.17) is 0 Å². The van der Waals surface area contributed by atoms with E-state index in [1.807, 2.05) is 0 Å². The molecule has 5 bridgehead atoms. The molecule has 0 amide bonds. The SMILES string of the molecule is CCCCCCCC[N+]12C3C[C@H](C4[C@H](O)C5(C[C@@H]41)c1ccccc1N(C)[C@@H]35)[C@H](CC)[C@H]2O.[I-]. The largest absolute Gasteiger partial charge is 1.00 e. The highest BCUT2D eigenvalue weighted by Crippen LogP contribution is 2.71. The van der Waals surface area contributed by atoms with Crippen molar-refractivity contribution >= 4 is 5.69 Å². The van der Waals surface area contributed by atoms with E-state index in [2.05, 4.69) is 50.1 Å². The molecule has 4 unspecified atom stereocenters. The molecule has 1 spiro atoms. The number of piperidine rings is 4. The van der Waals surface area contributed by atoms with Crippen molar-refractivity contribution in [3.63, 3.8) is 0 Å². The number of fused-ring (bicyclic) bond motifs is 2. The van der Waals surface area contributed by atoms with Crippen molar-refractivity contribution < 1.29 is 38.7 Å². The molecule has 2 N–H and O–H groups in total. The lowest BCUT2D eigenvalue weighted by Gasteiger charge is -2.68. The number of rotatable bonds is 8. The predicted octanol–water partition coefficient (Wildman–Crippen LogP) is 1.43. The minimum absolute atomic E-state index is 0. The Morgan fingerprint density at radius 1 is 1.03 bits per heavy atom. The third-order valence-corrected chi connectivity index (χ3v) is 11.0. The highest BCUT2D eigenvalue weighted by Gasteiger charge is 2.82. The number of nitrogens with zero attached hydrogens (tertiary/aromatic N) is 2. The summed E-state index contributed by atoms with van der Waals surface area (Å²) in [5, 5.41) is 24.1. The molecule has 1 aromatic carbocycles. The fourth-order valence-corrected chi connectivity index (χ4v) is 10.0. The first-order valence-corrected chi connectivity index (χ1v) is 13.6. The third-order valence-electron chi connectivity index (χ3n) is 11.0. The first-order valence-electron chi connectivity index (χ1n) is 13.6. The van der Waals surface area contributed by atoms with Crippen molar-refractivity contribution in [2.24, 2.45) is 17.8 Å². The molecule has 5 heteroatoms. The fraction of sp³-hybridized carbons (Fsp3) is 0.786. The lowest BCUT2D eigenvalue weighted by molar-refractivity contribution is -1.04. The number of hydrogen-bond acceptors (Lipinski definition) is 3. The van der Waals surface area contributed by atoms with Crippen LogP contribution in [-0.2, 0) is 5.41 Å². The number of benzene rings is 1. The van der Waals surface area contributed by atoms with Gasteiger partial charge in [0.25, 0.3) is 0 Å². The average molecular weight is 567 g/mol. The lowest BCUT2D eigenvalue weighted by atomic mass is 9.60. The van der Waals surface area contributed by atoms with Crippen molar-refractivity contribution in [3.05, 3.63) is 29.8 Å². The number of hydrogen-bond donors (Lipinski definition) is 2. The third kappa shape index (κ3) is 2.85. The summed E-state index contributed by atoms with van der Waals surface area (Å²) in [6.45, 7) is 5.64. The molecule has 1 saturated carbocycles. The molecular weight excluding hydrogens is 523 g/mol. The van der Waals surface area contributed by atoms with Crippen LogP contribution in [0.2, 0.25) is 0 Å². The van der Waals surface area contributed by atoms with Crippen LogP contribution in [0.5, 0.6) is 0 Å². The molecule has 4 nitrogen and oxygen atoms in total. The number of para-hydroxylation sites is 1.